The molecule has 3 heteroatoms. The van der Waals surface area contributed by atoms with Crippen LogP contribution < -0.4 is 5.32 Å². The summed E-state index contributed by atoms with van der Waals surface area (Å²) in [7, 11) is 0. The Morgan fingerprint density at radius 2 is 1.09 bits per heavy atom. The van der Waals surface area contributed by atoms with Gasteiger partial charge in [-0.15, -0.1) is 0 Å². The quantitative estimate of drug-likeness (QED) is 0.561. The number of rotatable bonds is 13. The van der Waals surface area contributed by atoms with Crippen molar-refractivity contribution in [3.8, 4) is 0 Å². The van der Waals surface area contributed by atoms with E-state index in [0.717, 1.165) is 38.0 Å². The van der Waals surface area contributed by atoms with Crippen molar-refractivity contribution in [1.82, 2.24) is 15.1 Å². The lowest BCUT2D eigenvalue weighted by atomic mass is 10.1. The Balaban J connectivity index is 4.70. The smallest absolute Gasteiger partial charge is 0.0322 e. The Morgan fingerprint density at radius 1 is 0.636 bits per heavy atom. The van der Waals surface area contributed by atoms with Gasteiger partial charge >= 0.3 is 0 Å². The van der Waals surface area contributed by atoms with Crippen LogP contribution in [0.2, 0.25) is 0 Å². The summed E-state index contributed by atoms with van der Waals surface area (Å²) < 4.78 is 0. The Morgan fingerprint density at radius 3 is 1.45 bits per heavy atom. The van der Waals surface area contributed by atoms with E-state index in [0.29, 0.717) is 12.0 Å². The molecule has 0 bridgehead atoms. The summed E-state index contributed by atoms with van der Waals surface area (Å²) in [6.45, 7) is 26.6. The molecule has 0 saturated carbocycles. The molecule has 0 aromatic carbocycles. The van der Waals surface area contributed by atoms with Gasteiger partial charge in [0.2, 0.25) is 0 Å². The van der Waals surface area contributed by atoms with Gasteiger partial charge in [0.1, 0.15) is 0 Å². The highest BCUT2D eigenvalue weighted by Gasteiger charge is 2.18. The van der Waals surface area contributed by atoms with Crippen molar-refractivity contribution in [2.45, 2.75) is 61.4 Å². The minimum absolute atomic E-state index is 0.569. The van der Waals surface area contributed by atoms with E-state index in [-0.39, 0.29) is 0 Å². The summed E-state index contributed by atoms with van der Waals surface area (Å²) in [4.78, 5) is 5.21. The predicted octanol–water partition coefficient (Wildman–Crippen LogP) is 3.56. The van der Waals surface area contributed by atoms with E-state index in [9.17, 15) is 0 Å². The molecule has 0 amide bonds. The van der Waals surface area contributed by atoms with E-state index in [1.807, 2.05) is 0 Å². The molecule has 0 aliphatic carbocycles. The lowest BCUT2D eigenvalue weighted by molar-refractivity contribution is 0.169. The predicted molar refractivity (Wildman–Crippen MR) is 101 cm³/mol. The molecule has 0 fully saturated rings. The van der Waals surface area contributed by atoms with Crippen LogP contribution in [0.1, 0.15) is 55.4 Å². The fraction of sp³-hybridized carbons (Fsp3) is 1.00. The van der Waals surface area contributed by atoms with Crippen LogP contribution in [0.25, 0.3) is 0 Å². The van der Waals surface area contributed by atoms with Gasteiger partial charge < -0.3 is 15.1 Å². The van der Waals surface area contributed by atoms with Crippen LogP contribution in [0.3, 0.4) is 0 Å². The van der Waals surface area contributed by atoms with Gasteiger partial charge in [0, 0.05) is 32.2 Å². The molecule has 0 aromatic heterocycles. The van der Waals surface area contributed by atoms with E-state index >= 15 is 0 Å². The van der Waals surface area contributed by atoms with Gasteiger partial charge in [0.05, 0.1) is 0 Å². The summed E-state index contributed by atoms with van der Waals surface area (Å²) in [5.74, 6) is 2.18. The van der Waals surface area contributed by atoms with Gasteiger partial charge in [-0.1, -0.05) is 55.4 Å². The molecule has 3 nitrogen and oxygen atoms in total. The number of nitrogens with one attached hydrogen (secondary N) is 1. The summed E-state index contributed by atoms with van der Waals surface area (Å²) in [5.41, 5.74) is 0. The zero-order valence-corrected chi connectivity index (χ0v) is 16.7. The highest BCUT2D eigenvalue weighted by atomic mass is 15.2. The second kappa shape index (κ2) is 12.3. The molecule has 1 N–H and O–H groups in total. The largest absolute Gasteiger partial charge is 0.311 e. The fourth-order valence-corrected chi connectivity index (χ4v) is 2.95. The monoisotopic (exact) mass is 313 g/mol. The average molecular weight is 314 g/mol. The topological polar surface area (TPSA) is 18.5 Å². The van der Waals surface area contributed by atoms with E-state index in [2.05, 4.69) is 70.5 Å². The van der Waals surface area contributed by atoms with Crippen LogP contribution in [-0.4, -0.2) is 61.7 Å². The molecule has 0 heterocycles. The third-order valence-electron chi connectivity index (χ3n) is 3.91. The van der Waals surface area contributed by atoms with Crippen LogP contribution in [0.5, 0.6) is 0 Å². The molecule has 0 spiro atoms. The molecular weight excluding hydrogens is 270 g/mol. The van der Waals surface area contributed by atoms with Crippen molar-refractivity contribution in [3.05, 3.63) is 0 Å². The normalized spacial score (nSPS) is 14.0. The summed E-state index contributed by atoms with van der Waals surface area (Å²) in [6, 6.07) is 0.569. The van der Waals surface area contributed by atoms with Gasteiger partial charge in [-0.2, -0.15) is 0 Å². The molecule has 22 heavy (non-hydrogen) atoms. The lowest BCUT2D eigenvalue weighted by Crippen LogP contribution is -2.50. The molecule has 134 valence electrons. The SMILES string of the molecule is CCN(CC)CC(CN(CC(C)C)CC(C)C)NCC(C)C. The molecule has 1 unspecified atom stereocenters. The van der Waals surface area contributed by atoms with Crippen molar-refractivity contribution in [3.63, 3.8) is 0 Å². The van der Waals surface area contributed by atoms with Gasteiger partial charge in [-0.25, -0.2) is 0 Å². The summed E-state index contributed by atoms with van der Waals surface area (Å²) in [5, 5.41) is 3.81. The molecule has 0 radical (unpaired) electrons. The van der Waals surface area contributed by atoms with Crippen LogP contribution in [-0.2, 0) is 0 Å². The standard InChI is InChI=1S/C19H43N3/c1-9-21(10-2)14-19(20-11-16(3)4)15-22(12-17(5)6)13-18(7)8/h16-20H,9-15H2,1-8H3. The van der Waals surface area contributed by atoms with E-state index < -0.39 is 0 Å². The van der Waals surface area contributed by atoms with Gasteiger partial charge in [-0.3, -0.25) is 0 Å². The molecule has 0 aromatic rings. The first-order valence-electron chi connectivity index (χ1n) is 9.46. The first kappa shape index (κ1) is 21.9. The first-order chi connectivity index (χ1) is 10.3. The maximum atomic E-state index is 3.81. The summed E-state index contributed by atoms with van der Waals surface area (Å²) >= 11 is 0. The molecule has 0 aliphatic rings. The molecule has 0 saturated heterocycles. The summed E-state index contributed by atoms with van der Waals surface area (Å²) in [6.07, 6.45) is 0. The maximum Gasteiger partial charge on any atom is 0.0322 e. The van der Waals surface area contributed by atoms with Crippen molar-refractivity contribution >= 4 is 0 Å². The number of likely N-dealkylation sites (N-methyl/N-ethyl adjacent to an activating group) is 1. The minimum Gasteiger partial charge on any atom is -0.311 e. The van der Waals surface area contributed by atoms with Crippen molar-refractivity contribution in [2.24, 2.45) is 17.8 Å². The van der Waals surface area contributed by atoms with E-state index in [1.54, 1.807) is 0 Å². The molecule has 0 rings (SSSR count). The Kier molecular flexibility index (Phi) is 12.3. The molecule has 1 atom stereocenters. The average Bonchev–Trinajstić information content (AvgIpc) is 2.40. The number of nitrogens with zero attached hydrogens (tertiary/aromatic N) is 2. The Hall–Kier alpha value is -0.120. The van der Waals surface area contributed by atoms with E-state index in [1.165, 1.54) is 19.6 Å². The highest BCUT2D eigenvalue weighted by Crippen LogP contribution is 2.06. The van der Waals surface area contributed by atoms with Crippen LogP contribution in [0.4, 0.5) is 0 Å². The molecular formula is C19H43N3. The second-order valence-corrected chi connectivity index (χ2v) is 7.99. The number of hydrogen-bond donors (Lipinski definition) is 1. The van der Waals surface area contributed by atoms with Crippen molar-refractivity contribution in [2.75, 3.05) is 45.8 Å². The van der Waals surface area contributed by atoms with Gasteiger partial charge in [0.25, 0.3) is 0 Å². The minimum atomic E-state index is 0.569. The maximum absolute atomic E-state index is 3.81. The van der Waals surface area contributed by atoms with Crippen molar-refractivity contribution < 1.29 is 0 Å². The third kappa shape index (κ3) is 11.4. The highest BCUT2D eigenvalue weighted by molar-refractivity contribution is 4.77. The zero-order chi connectivity index (χ0) is 17.1. The van der Waals surface area contributed by atoms with Gasteiger partial charge in [-0.05, 0) is 37.4 Å². The van der Waals surface area contributed by atoms with Crippen LogP contribution in [0.15, 0.2) is 0 Å². The lowest BCUT2D eigenvalue weighted by Gasteiger charge is -2.33. The second-order valence-electron chi connectivity index (χ2n) is 7.99. The fourth-order valence-electron chi connectivity index (χ4n) is 2.95. The van der Waals surface area contributed by atoms with E-state index in [4.69, 9.17) is 0 Å². The van der Waals surface area contributed by atoms with Crippen molar-refractivity contribution in [1.29, 1.82) is 0 Å². The zero-order valence-electron chi connectivity index (χ0n) is 16.7. The Labute approximate surface area is 140 Å². The number of hydrogen-bond acceptors (Lipinski definition) is 3. The molecule has 0 aliphatic heterocycles. The van der Waals surface area contributed by atoms with Crippen LogP contribution >= 0.6 is 0 Å². The third-order valence-corrected chi connectivity index (χ3v) is 3.91. The van der Waals surface area contributed by atoms with Gasteiger partial charge in [0.15, 0.2) is 0 Å². The van der Waals surface area contributed by atoms with Crippen LogP contribution in [0, 0.1) is 17.8 Å². The Bertz CT molecular complexity index is 237. The first-order valence-corrected chi connectivity index (χ1v) is 9.46.